The Morgan fingerprint density at radius 2 is 0.512 bits per heavy atom. The fourth-order valence-corrected chi connectivity index (χ4v) is 13.5. The van der Waals surface area contributed by atoms with Gasteiger partial charge in [-0.25, -0.2) is 0 Å². The molecule has 0 saturated carbocycles. The van der Waals surface area contributed by atoms with Crippen LogP contribution in [0.5, 0.6) is 0 Å². The summed E-state index contributed by atoms with van der Waals surface area (Å²) in [6, 6.07) is 107. The minimum Gasteiger partial charge on any atom is -0.310 e. The SMILES string of the molecule is CC1(C)c2cc(/C=C/c3ccc(/C=C/c4ccc5c(c4)C(C)(C)c4cc(N(c6ccccc6)c6ccc(-c7ccc8ccccc8c7)cc6)ccc4-5)cc3)ccc2-c2ccc(N(c3ccccc3)c3ccc(-c4ccc5ccccc5c4)cc3)cc21. The van der Waals surface area contributed by atoms with Crippen molar-refractivity contribution in [3.05, 3.63) is 336 Å². The zero-order valence-electron chi connectivity index (χ0n) is 48.9. The first kappa shape index (κ1) is 52.3. The lowest BCUT2D eigenvalue weighted by atomic mass is 9.81. The van der Waals surface area contributed by atoms with Crippen molar-refractivity contribution in [1.29, 1.82) is 0 Å². The number of fused-ring (bicyclic) bond motifs is 8. The maximum atomic E-state index is 2.42. The van der Waals surface area contributed by atoms with E-state index >= 15 is 0 Å². The van der Waals surface area contributed by atoms with E-state index in [9.17, 15) is 0 Å². The molecule has 0 radical (unpaired) electrons. The molecule has 0 bridgehead atoms. The summed E-state index contributed by atoms with van der Waals surface area (Å²) >= 11 is 0. The van der Waals surface area contributed by atoms with Crippen molar-refractivity contribution >= 4 is 80.0 Å². The molecule has 0 unspecified atom stereocenters. The molecule has 2 aliphatic carbocycles. The molecule has 2 nitrogen and oxygen atoms in total. The lowest BCUT2D eigenvalue weighted by Gasteiger charge is -2.28. The van der Waals surface area contributed by atoms with Gasteiger partial charge in [0.2, 0.25) is 0 Å². The van der Waals surface area contributed by atoms with Gasteiger partial charge in [-0.3, -0.25) is 0 Å². The van der Waals surface area contributed by atoms with Crippen molar-refractivity contribution in [2.75, 3.05) is 9.80 Å². The summed E-state index contributed by atoms with van der Waals surface area (Å²) in [6.45, 7) is 9.50. The monoisotopic (exact) mass is 1100 g/mol. The third kappa shape index (κ3) is 9.50. The highest BCUT2D eigenvalue weighted by Crippen LogP contribution is 2.53. The number of benzene rings is 13. The molecule has 0 aromatic heterocycles. The van der Waals surface area contributed by atoms with Gasteiger partial charge in [-0.15, -0.1) is 0 Å². The molecule has 0 spiro atoms. The van der Waals surface area contributed by atoms with Crippen LogP contribution >= 0.6 is 0 Å². The van der Waals surface area contributed by atoms with Gasteiger partial charge in [0.25, 0.3) is 0 Å². The van der Waals surface area contributed by atoms with Gasteiger partial charge < -0.3 is 9.80 Å². The zero-order valence-corrected chi connectivity index (χ0v) is 48.9. The molecule has 86 heavy (non-hydrogen) atoms. The summed E-state index contributed by atoms with van der Waals surface area (Å²) in [5, 5.41) is 5.02. The number of hydrogen-bond acceptors (Lipinski definition) is 2. The Labute approximate surface area is 505 Å². The summed E-state index contributed by atoms with van der Waals surface area (Å²) in [5.74, 6) is 0. The van der Waals surface area contributed by atoms with Gasteiger partial charge in [0, 0.05) is 45.0 Å². The van der Waals surface area contributed by atoms with Crippen LogP contribution in [-0.4, -0.2) is 0 Å². The summed E-state index contributed by atoms with van der Waals surface area (Å²) in [5.41, 5.74) is 26.6. The second-order valence-electron chi connectivity index (χ2n) is 24.2. The minimum absolute atomic E-state index is 0.193. The molecular formula is C84H64N2. The molecule has 2 aliphatic rings. The molecule has 13 aromatic carbocycles. The van der Waals surface area contributed by atoms with Crippen molar-refractivity contribution < 1.29 is 0 Å². The van der Waals surface area contributed by atoms with Crippen molar-refractivity contribution in [2.45, 2.75) is 38.5 Å². The second kappa shape index (κ2) is 21.3. The predicted octanol–water partition coefficient (Wildman–Crippen LogP) is 23.2. The largest absolute Gasteiger partial charge is 0.310 e. The van der Waals surface area contributed by atoms with Crippen molar-refractivity contribution in [2.24, 2.45) is 0 Å². The van der Waals surface area contributed by atoms with Crippen molar-refractivity contribution in [1.82, 2.24) is 0 Å². The van der Waals surface area contributed by atoms with Crippen LogP contribution in [0.25, 0.3) is 90.4 Å². The quantitative estimate of drug-likeness (QED) is 0.113. The number of hydrogen-bond donors (Lipinski definition) is 0. The number of para-hydroxylation sites is 2. The summed E-state index contributed by atoms with van der Waals surface area (Å²) in [4.78, 5) is 4.77. The van der Waals surface area contributed by atoms with Crippen LogP contribution in [0.2, 0.25) is 0 Å². The van der Waals surface area contributed by atoms with E-state index in [0.29, 0.717) is 0 Å². The predicted molar refractivity (Wildman–Crippen MR) is 368 cm³/mol. The Bertz CT molecular complexity index is 4470. The number of nitrogens with zero attached hydrogens (tertiary/aromatic N) is 2. The second-order valence-corrected chi connectivity index (χ2v) is 24.2. The first-order chi connectivity index (χ1) is 42.1. The topological polar surface area (TPSA) is 6.48 Å². The van der Waals surface area contributed by atoms with E-state index in [1.807, 2.05) is 0 Å². The number of rotatable bonds is 12. The van der Waals surface area contributed by atoms with Crippen molar-refractivity contribution in [3.63, 3.8) is 0 Å². The molecule has 0 fully saturated rings. The zero-order chi connectivity index (χ0) is 57.9. The van der Waals surface area contributed by atoms with Gasteiger partial charge in [0.05, 0.1) is 0 Å². The molecule has 0 saturated heterocycles. The first-order valence-corrected chi connectivity index (χ1v) is 30.0. The van der Waals surface area contributed by atoms with Crippen LogP contribution < -0.4 is 9.80 Å². The Morgan fingerprint density at radius 1 is 0.221 bits per heavy atom. The van der Waals surface area contributed by atoms with Gasteiger partial charge in [0.1, 0.15) is 0 Å². The highest BCUT2D eigenvalue weighted by molar-refractivity contribution is 5.92. The lowest BCUT2D eigenvalue weighted by Crippen LogP contribution is -2.16. The molecule has 0 atom stereocenters. The number of anilines is 6. The molecule has 0 aliphatic heterocycles. The van der Waals surface area contributed by atoms with E-state index in [1.165, 1.54) is 111 Å². The molecule has 13 aromatic rings. The van der Waals surface area contributed by atoms with Crippen molar-refractivity contribution in [3.8, 4) is 44.5 Å². The van der Waals surface area contributed by atoms with E-state index < -0.39 is 0 Å². The van der Waals surface area contributed by atoms with E-state index in [1.54, 1.807) is 0 Å². The van der Waals surface area contributed by atoms with Crippen LogP contribution in [-0.2, 0) is 10.8 Å². The van der Waals surface area contributed by atoms with Crippen LogP contribution in [0.1, 0.15) is 72.2 Å². The van der Waals surface area contributed by atoms with Gasteiger partial charge in [-0.05, 0) is 195 Å². The standard InChI is InChI=1S/C84H64N2/c1-83(2)79-51-59(31-47-75(79)77-49-45-73(55-81(77)83)85(69-19-7-5-8-20-69)71-41-37-63(38-42-71)67-35-33-61-15-11-13-17-65(61)53-67)29-27-57-23-25-58(26-24-57)28-30-60-32-48-76-78-50-46-74(56-82(78)84(3,4)80(76)52-60)86(70-21-9-6-10-22-70)72-43-39-64(40-44-72)68-36-34-62-16-12-14-18-66(62)54-68/h5-56H,1-4H3/b29-27+,30-28+. The van der Waals surface area contributed by atoms with E-state index in [2.05, 4.69) is 353 Å². The van der Waals surface area contributed by atoms with Crippen LogP contribution in [0.3, 0.4) is 0 Å². The maximum absolute atomic E-state index is 2.42. The van der Waals surface area contributed by atoms with E-state index in [-0.39, 0.29) is 10.8 Å². The van der Waals surface area contributed by atoms with Gasteiger partial charge >= 0.3 is 0 Å². The third-order valence-electron chi connectivity index (χ3n) is 18.2. The molecule has 0 amide bonds. The van der Waals surface area contributed by atoms with Crippen LogP contribution in [0.4, 0.5) is 34.1 Å². The molecule has 2 heteroatoms. The summed E-state index contributed by atoms with van der Waals surface area (Å²) in [7, 11) is 0. The van der Waals surface area contributed by atoms with Crippen LogP contribution in [0.15, 0.2) is 291 Å². The Kier molecular flexibility index (Phi) is 12.9. The first-order valence-electron chi connectivity index (χ1n) is 30.0. The van der Waals surface area contributed by atoms with E-state index in [0.717, 1.165) is 34.1 Å². The summed E-state index contributed by atoms with van der Waals surface area (Å²) < 4.78 is 0. The Hall–Kier alpha value is -10.5. The fourth-order valence-electron chi connectivity index (χ4n) is 13.5. The maximum Gasteiger partial charge on any atom is 0.0465 e. The van der Waals surface area contributed by atoms with Crippen LogP contribution in [0, 0.1) is 0 Å². The average molecular weight is 1100 g/mol. The molecule has 0 N–H and O–H groups in total. The van der Waals surface area contributed by atoms with Gasteiger partial charge in [-0.2, -0.15) is 0 Å². The summed E-state index contributed by atoms with van der Waals surface area (Å²) in [6.07, 6.45) is 8.98. The molecule has 15 rings (SSSR count). The van der Waals surface area contributed by atoms with Gasteiger partial charge in [-0.1, -0.05) is 258 Å². The van der Waals surface area contributed by atoms with E-state index in [4.69, 9.17) is 0 Å². The molecule has 0 heterocycles. The normalized spacial score (nSPS) is 13.4. The highest BCUT2D eigenvalue weighted by atomic mass is 15.1. The highest BCUT2D eigenvalue weighted by Gasteiger charge is 2.38. The minimum atomic E-state index is -0.193. The molecular weight excluding hydrogens is 1040 g/mol. The molecule has 410 valence electrons. The average Bonchev–Trinajstić information content (AvgIpc) is 3.57. The third-order valence-corrected chi connectivity index (χ3v) is 18.2. The smallest absolute Gasteiger partial charge is 0.0465 e. The fraction of sp³-hybridized carbons (Fsp3) is 0.0714. The lowest BCUT2D eigenvalue weighted by molar-refractivity contribution is 0.660. The van der Waals surface area contributed by atoms with Gasteiger partial charge in [0.15, 0.2) is 0 Å². The Morgan fingerprint density at radius 3 is 0.907 bits per heavy atom. The Balaban J connectivity index is 0.635.